The molecular formula is C21H23F2N7OS. The van der Waals surface area contributed by atoms with Crippen molar-refractivity contribution in [2.24, 2.45) is 0 Å². The Labute approximate surface area is 187 Å². The first-order chi connectivity index (χ1) is 15.5. The number of amides is 2. The van der Waals surface area contributed by atoms with Gasteiger partial charge in [-0.1, -0.05) is 11.3 Å². The summed E-state index contributed by atoms with van der Waals surface area (Å²) in [6.07, 6.45) is 0.782. The Bertz CT molecular complexity index is 1130. The van der Waals surface area contributed by atoms with Crippen molar-refractivity contribution in [3.63, 3.8) is 0 Å². The molecule has 0 radical (unpaired) electrons. The van der Waals surface area contributed by atoms with E-state index in [1.54, 1.807) is 6.07 Å². The Kier molecular flexibility index (Phi) is 5.68. The van der Waals surface area contributed by atoms with Crippen LogP contribution in [0.2, 0.25) is 0 Å². The quantitative estimate of drug-likeness (QED) is 0.602. The minimum atomic E-state index is -2.36. The number of hydrogen-bond donors (Lipinski definition) is 2. The van der Waals surface area contributed by atoms with E-state index in [4.69, 9.17) is 0 Å². The summed E-state index contributed by atoms with van der Waals surface area (Å²) in [5, 5.41) is 25.0. The third-order valence-electron chi connectivity index (χ3n) is 6.12. The Morgan fingerprint density at radius 3 is 2.62 bits per heavy atom. The topological polar surface area (TPSA) is 95.9 Å². The molecule has 5 rings (SSSR count). The number of piperidine rings is 1. The summed E-state index contributed by atoms with van der Waals surface area (Å²) < 4.78 is 25.0. The van der Waals surface area contributed by atoms with Gasteiger partial charge in [0.15, 0.2) is 5.82 Å². The number of alkyl halides is 2. The summed E-state index contributed by atoms with van der Waals surface area (Å²) in [5.41, 5.74) is 1.66. The molecule has 0 saturated carbocycles. The summed E-state index contributed by atoms with van der Waals surface area (Å²) in [4.78, 5) is 14.9. The van der Waals surface area contributed by atoms with Gasteiger partial charge in [-0.25, -0.2) is 13.6 Å². The summed E-state index contributed by atoms with van der Waals surface area (Å²) in [6, 6.07) is 7.47. The lowest BCUT2D eigenvalue weighted by Crippen LogP contribution is -2.53. The number of aromatic nitrogens is 4. The fourth-order valence-electron chi connectivity index (χ4n) is 4.76. The number of hydrogen-bond acceptors (Lipinski definition) is 7. The van der Waals surface area contributed by atoms with Crippen molar-refractivity contribution in [1.82, 2.24) is 30.6 Å². The van der Waals surface area contributed by atoms with Gasteiger partial charge < -0.3 is 10.2 Å². The third-order valence-corrected chi connectivity index (χ3v) is 7.01. The van der Waals surface area contributed by atoms with Gasteiger partial charge in [-0.3, -0.25) is 5.32 Å². The molecule has 32 heavy (non-hydrogen) atoms. The van der Waals surface area contributed by atoms with Crippen molar-refractivity contribution in [3.8, 4) is 10.6 Å². The summed E-state index contributed by atoms with van der Waals surface area (Å²) in [6.45, 7) is 1.60. The maximum absolute atomic E-state index is 13.0. The number of carbonyl (C=O) groups is 1. The number of fused-ring (bicyclic) bond motifs is 3. The summed E-state index contributed by atoms with van der Waals surface area (Å²) >= 11 is 1.51. The van der Waals surface area contributed by atoms with Crippen molar-refractivity contribution < 1.29 is 13.6 Å². The monoisotopic (exact) mass is 459 g/mol. The number of urea groups is 1. The molecule has 0 aliphatic carbocycles. The van der Waals surface area contributed by atoms with Crippen molar-refractivity contribution in [1.29, 1.82) is 0 Å². The van der Waals surface area contributed by atoms with E-state index in [2.05, 4.69) is 31.0 Å². The van der Waals surface area contributed by atoms with Gasteiger partial charge in [0.2, 0.25) is 0 Å². The smallest absolute Gasteiger partial charge is 0.318 e. The van der Waals surface area contributed by atoms with Gasteiger partial charge >= 0.3 is 6.03 Å². The van der Waals surface area contributed by atoms with Crippen LogP contribution in [0.15, 0.2) is 24.3 Å². The highest BCUT2D eigenvalue weighted by Gasteiger charge is 2.43. The number of nitrogens with zero attached hydrogens (tertiary/aromatic N) is 5. The minimum absolute atomic E-state index is 0.0217. The zero-order valence-corrected chi connectivity index (χ0v) is 18.3. The number of aryl methyl sites for hydroxylation is 1. The maximum Gasteiger partial charge on any atom is 0.323 e. The van der Waals surface area contributed by atoms with Crippen LogP contribution in [0, 0.1) is 6.92 Å². The van der Waals surface area contributed by atoms with Crippen LogP contribution in [0.4, 0.5) is 19.4 Å². The van der Waals surface area contributed by atoms with Crippen LogP contribution in [0.3, 0.4) is 0 Å². The van der Waals surface area contributed by atoms with Gasteiger partial charge in [-0.05, 0) is 56.9 Å². The Hall–Kier alpha value is -2.79. The first-order valence-electron chi connectivity index (χ1n) is 10.6. The average molecular weight is 460 g/mol. The molecule has 2 aliphatic rings. The first-order valence-corrected chi connectivity index (χ1v) is 11.5. The number of benzene rings is 1. The third kappa shape index (κ3) is 4.26. The molecule has 11 heteroatoms. The standard InChI is InChI=1S/C21H23F2N7OS/c1-11-26-29-20(32-11)12-2-5-17-13(6-12)7-19(28-27-17)25-21(31)30-15-3-4-16(30)9-14(8-15)24-10-18(22)23/h2,5-7,14-16,18,24H,3-4,8-10H2,1H3,(H,25,28,31)/t14?,15-,16+. The number of anilines is 1. The fraction of sp³-hybridized carbons (Fsp3) is 0.476. The molecule has 168 valence electrons. The van der Waals surface area contributed by atoms with E-state index in [1.165, 1.54) is 11.3 Å². The molecule has 2 aliphatic heterocycles. The van der Waals surface area contributed by atoms with E-state index in [9.17, 15) is 13.6 Å². The summed E-state index contributed by atoms with van der Waals surface area (Å²) in [7, 11) is 0. The Morgan fingerprint density at radius 1 is 1.16 bits per heavy atom. The molecule has 2 saturated heterocycles. The predicted molar refractivity (Wildman–Crippen MR) is 118 cm³/mol. The van der Waals surface area contributed by atoms with Gasteiger partial charge in [-0.2, -0.15) is 0 Å². The van der Waals surface area contributed by atoms with Crippen molar-refractivity contribution in [2.75, 3.05) is 11.9 Å². The van der Waals surface area contributed by atoms with Crippen LogP contribution in [-0.2, 0) is 0 Å². The number of carbonyl (C=O) groups excluding carboxylic acids is 1. The van der Waals surface area contributed by atoms with Crippen LogP contribution in [0.25, 0.3) is 21.5 Å². The zero-order valence-electron chi connectivity index (χ0n) is 17.5. The number of nitrogens with one attached hydrogen (secondary N) is 2. The second-order valence-corrected chi connectivity index (χ2v) is 9.50. The molecule has 2 fully saturated rings. The lowest BCUT2D eigenvalue weighted by molar-refractivity contribution is 0.115. The Balaban J connectivity index is 1.29. The highest BCUT2D eigenvalue weighted by atomic mass is 32.1. The van der Waals surface area contributed by atoms with E-state index in [1.807, 2.05) is 30.0 Å². The second-order valence-electron chi connectivity index (χ2n) is 8.32. The van der Waals surface area contributed by atoms with E-state index in [0.29, 0.717) is 18.7 Å². The van der Waals surface area contributed by atoms with E-state index < -0.39 is 6.43 Å². The average Bonchev–Trinajstić information content (AvgIpc) is 3.32. The van der Waals surface area contributed by atoms with Gasteiger partial charge in [0, 0.05) is 29.1 Å². The highest BCUT2D eigenvalue weighted by Crippen LogP contribution is 2.36. The molecule has 2 N–H and O–H groups in total. The lowest BCUT2D eigenvalue weighted by atomic mass is 9.97. The SMILES string of the molecule is Cc1nnc(-c2ccc3nnc(NC(=O)N4[C@@H]5CC[C@H]4CC(NCC(F)F)C5)cc3c2)s1. The largest absolute Gasteiger partial charge is 0.323 e. The van der Waals surface area contributed by atoms with Crippen molar-refractivity contribution >= 4 is 34.1 Å². The number of halogens is 2. The van der Waals surface area contributed by atoms with Crippen LogP contribution >= 0.6 is 11.3 Å². The van der Waals surface area contributed by atoms with E-state index >= 15 is 0 Å². The van der Waals surface area contributed by atoms with E-state index in [-0.39, 0.29) is 30.7 Å². The van der Waals surface area contributed by atoms with Crippen LogP contribution in [0.1, 0.15) is 30.7 Å². The maximum atomic E-state index is 13.0. The molecule has 3 atom stereocenters. The molecule has 0 spiro atoms. The minimum Gasteiger partial charge on any atom is -0.318 e. The first kappa shape index (κ1) is 21.1. The molecule has 8 nitrogen and oxygen atoms in total. The molecular weight excluding hydrogens is 436 g/mol. The Morgan fingerprint density at radius 2 is 1.94 bits per heavy atom. The fourth-order valence-corrected chi connectivity index (χ4v) is 5.45. The second kappa shape index (κ2) is 8.62. The molecule has 3 aromatic rings. The van der Waals surface area contributed by atoms with Gasteiger partial charge in [0.05, 0.1) is 12.1 Å². The lowest BCUT2D eigenvalue weighted by Gasteiger charge is -2.39. The van der Waals surface area contributed by atoms with Crippen molar-refractivity contribution in [3.05, 3.63) is 29.3 Å². The van der Waals surface area contributed by atoms with Crippen molar-refractivity contribution in [2.45, 2.75) is 57.2 Å². The van der Waals surface area contributed by atoms with E-state index in [0.717, 1.165) is 39.3 Å². The van der Waals surface area contributed by atoms with Gasteiger partial charge in [-0.15, -0.1) is 20.4 Å². The molecule has 2 amide bonds. The molecule has 2 aromatic heterocycles. The number of rotatable bonds is 5. The normalized spacial score (nSPS) is 22.6. The molecule has 1 unspecified atom stereocenters. The summed E-state index contributed by atoms with van der Waals surface area (Å²) in [5.74, 6) is 0.380. The van der Waals surface area contributed by atoms with Crippen LogP contribution < -0.4 is 10.6 Å². The van der Waals surface area contributed by atoms with Crippen LogP contribution in [-0.4, -0.2) is 62.4 Å². The molecule has 4 heterocycles. The molecule has 2 bridgehead atoms. The highest BCUT2D eigenvalue weighted by molar-refractivity contribution is 7.14. The van der Waals surface area contributed by atoms with Gasteiger partial charge in [0.1, 0.15) is 10.0 Å². The zero-order chi connectivity index (χ0) is 22.2. The molecule has 1 aromatic carbocycles. The van der Waals surface area contributed by atoms with Crippen LogP contribution in [0.5, 0.6) is 0 Å². The predicted octanol–water partition coefficient (Wildman–Crippen LogP) is 3.84. The van der Waals surface area contributed by atoms with Gasteiger partial charge in [0.25, 0.3) is 6.43 Å².